The molecule has 0 radical (unpaired) electrons. The van der Waals surface area contributed by atoms with Gasteiger partial charge in [-0.3, -0.25) is 10.1 Å². The summed E-state index contributed by atoms with van der Waals surface area (Å²) in [5.41, 5.74) is 7.27. The molecule has 100 valence electrons. The largest absolute Gasteiger partial charge is 0.381 e. The number of anilines is 1. The van der Waals surface area contributed by atoms with Gasteiger partial charge in [0.15, 0.2) is 0 Å². The second-order valence-corrected chi connectivity index (χ2v) is 4.48. The molecule has 0 saturated carbocycles. The van der Waals surface area contributed by atoms with Crippen molar-refractivity contribution in [2.75, 3.05) is 11.9 Å². The summed E-state index contributed by atoms with van der Waals surface area (Å²) in [5, 5.41) is 14.1. The van der Waals surface area contributed by atoms with Crippen LogP contribution in [0, 0.1) is 17.0 Å². The third-order valence-corrected chi connectivity index (χ3v) is 2.97. The van der Waals surface area contributed by atoms with E-state index in [0.29, 0.717) is 12.1 Å². The third kappa shape index (κ3) is 4.00. The van der Waals surface area contributed by atoms with Crippen molar-refractivity contribution in [2.24, 2.45) is 5.73 Å². The molecule has 0 bridgehead atoms. The first-order valence-corrected chi connectivity index (χ1v) is 6.30. The number of nitrogens with one attached hydrogen (secondary N) is 1. The molecule has 1 aromatic carbocycles. The van der Waals surface area contributed by atoms with Crippen molar-refractivity contribution in [2.45, 2.75) is 39.2 Å². The van der Waals surface area contributed by atoms with Crippen LogP contribution in [0.4, 0.5) is 11.4 Å². The molecule has 5 heteroatoms. The predicted molar refractivity (Wildman–Crippen MR) is 73.8 cm³/mol. The summed E-state index contributed by atoms with van der Waals surface area (Å²) < 4.78 is 0. The minimum Gasteiger partial charge on any atom is -0.381 e. The molecule has 0 heterocycles. The lowest BCUT2D eigenvalue weighted by molar-refractivity contribution is -0.385. The molecular formula is C13H21N3O2. The van der Waals surface area contributed by atoms with Crippen LogP contribution in [0.25, 0.3) is 0 Å². The van der Waals surface area contributed by atoms with E-state index in [1.807, 2.05) is 6.07 Å². The van der Waals surface area contributed by atoms with Crippen LogP contribution in [-0.4, -0.2) is 17.5 Å². The summed E-state index contributed by atoms with van der Waals surface area (Å²) in [6, 6.07) is 5.36. The molecule has 0 aliphatic carbocycles. The molecule has 18 heavy (non-hydrogen) atoms. The van der Waals surface area contributed by atoms with Crippen LogP contribution in [0.3, 0.4) is 0 Å². The van der Waals surface area contributed by atoms with Crippen molar-refractivity contribution < 1.29 is 4.92 Å². The normalized spacial score (nSPS) is 12.2. The lowest BCUT2D eigenvalue weighted by atomic mass is 10.1. The van der Waals surface area contributed by atoms with Crippen LogP contribution < -0.4 is 11.1 Å². The van der Waals surface area contributed by atoms with Gasteiger partial charge in [0.05, 0.1) is 4.92 Å². The summed E-state index contributed by atoms with van der Waals surface area (Å²) >= 11 is 0. The molecule has 0 fully saturated rings. The summed E-state index contributed by atoms with van der Waals surface area (Å²) in [6.07, 6.45) is 3.20. The van der Waals surface area contributed by atoms with E-state index in [4.69, 9.17) is 5.73 Å². The van der Waals surface area contributed by atoms with Gasteiger partial charge in [0.25, 0.3) is 5.69 Å². The van der Waals surface area contributed by atoms with Crippen molar-refractivity contribution >= 4 is 11.4 Å². The van der Waals surface area contributed by atoms with Crippen LogP contribution in [0.2, 0.25) is 0 Å². The maximum absolute atomic E-state index is 10.9. The first-order chi connectivity index (χ1) is 8.58. The zero-order valence-corrected chi connectivity index (χ0v) is 11.0. The number of rotatable bonds is 7. The molecule has 0 aliphatic rings. The van der Waals surface area contributed by atoms with Crippen molar-refractivity contribution in [3.8, 4) is 0 Å². The number of unbranched alkanes of at least 4 members (excludes halogenated alkanes) is 1. The van der Waals surface area contributed by atoms with Gasteiger partial charge in [0.1, 0.15) is 0 Å². The number of benzene rings is 1. The smallest absolute Gasteiger partial charge is 0.274 e. The molecule has 3 N–H and O–H groups in total. The fourth-order valence-electron chi connectivity index (χ4n) is 1.83. The fourth-order valence-corrected chi connectivity index (χ4v) is 1.83. The number of aryl methyl sites for hydroxylation is 1. The maximum atomic E-state index is 10.9. The van der Waals surface area contributed by atoms with E-state index in [2.05, 4.69) is 12.2 Å². The number of hydrogen-bond donors (Lipinski definition) is 2. The molecule has 1 aromatic rings. The van der Waals surface area contributed by atoms with E-state index in [-0.39, 0.29) is 16.7 Å². The highest BCUT2D eigenvalue weighted by Crippen LogP contribution is 2.23. The molecular weight excluding hydrogens is 230 g/mol. The fraction of sp³-hybridized carbons (Fsp3) is 0.538. The number of nitro benzene ring substituents is 1. The van der Waals surface area contributed by atoms with Crippen molar-refractivity contribution in [3.63, 3.8) is 0 Å². The highest BCUT2D eigenvalue weighted by molar-refractivity contribution is 5.55. The van der Waals surface area contributed by atoms with Crippen LogP contribution >= 0.6 is 0 Å². The van der Waals surface area contributed by atoms with Gasteiger partial charge in [0, 0.05) is 29.9 Å². The highest BCUT2D eigenvalue weighted by Gasteiger charge is 2.12. The third-order valence-electron chi connectivity index (χ3n) is 2.97. The lowest BCUT2D eigenvalue weighted by Gasteiger charge is -2.17. The first-order valence-electron chi connectivity index (χ1n) is 6.30. The van der Waals surface area contributed by atoms with Gasteiger partial charge in [-0.2, -0.15) is 0 Å². The molecule has 1 rings (SSSR count). The molecule has 5 nitrogen and oxygen atoms in total. The van der Waals surface area contributed by atoms with Crippen LogP contribution in [0.1, 0.15) is 31.7 Å². The Kier molecular flexibility index (Phi) is 5.58. The van der Waals surface area contributed by atoms with Crippen molar-refractivity contribution in [1.29, 1.82) is 0 Å². The average molecular weight is 251 g/mol. The van der Waals surface area contributed by atoms with E-state index >= 15 is 0 Å². The van der Waals surface area contributed by atoms with Crippen molar-refractivity contribution in [3.05, 3.63) is 33.9 Å². The Labute approximate surface area is 108 Å². The Hall–Kier alpha value is -1.62. The van der Waals surface area contributed by atoms with Crippen LogP contribution in [0.15, 0.2) is 18.2 Å². The number of nitro groups is 1. The number of nitrogens with two attached hydrogens (primary N) is 1. The SMILES string of the molecule is CCCCC(CN)Nc1ccc(C)c([N+](=O)[O-])c1. The summed E-state index contributed by atoms with van der Waals surface area (Å²) in [6.45, 7) is 4.39. The minimum absolute atomic E-state index is 0.145. The van der Waals surface area contributed by atoms with Crippen molar-refractivity contribution in [1.82, 2.24) is 0 Å². The number of hydrogen-bond acceptors (Lipinski definition) is 4. The van der Waals surface area contributed by atoms with Gasteiger partial charge in [-0.15, -0.1) is 0 Å². The predicted octanol–water partition coefficient (Wildman–Crippen LogP) is 2.83. The average Bonchev–Trinajstić information content (AvgIpc) is 2.36. The minimum atomic E-state index is -0.357. The molecule has 1 atom stereocenters. The second-order valence-electron chi connectivity index (χ2n) is 4.48. The highest BCUT2D eigenvalue weighted by atomic mass is 16.6. The summed E-state index contributed by atoms with van der Waals surface area (Å²) in [4.78, 5) is 10.5. The molecule has 0 saturated heterocycles. The molecule has 0 amide bonds. The van der Waals surface area contributed by atoms with Gasteiger partial charge < -0.3 is 11.1 Å². The zero-order valence-electron chi connectivity index (χ0n) is 11.0. The van der Waals surface area contributed by atoms with Crippen LogP contribution in [0.5, 0.6) is 0 Å². The van der Waals surface area contributed by atoms with Gasteiger partial charge >= 0.3 is 0 Å². The molecule has 0 aromatic heterocycles. The topological polar surface area (TPSA) is 81.2 Å². The number of nitrogens with zero attached hydrogens (tertiary/aromatic N) is 1. The Morgan fingerprint density at radius 2 is 2.22 bits per heavy atom. The first kappa shape index (κ1) is 14.4. The van der Waals surface area contributed by atoms with Gasteiger partial charge in [-0.05, 0) is 19.4 Å². The Bertz CT molecular complexity index is 407. The van der Waals surface area contributed by atoms with Crippen LogP contribution in [-0.2, 0) is 0 Å². The molecule has 1 unspecified atom stereocenters. The van der Waals surface area contributed by atoms with E-state index in [9.17, 15) is 10.1 Å². The zero-order chi connectivity index (χ0) is 13.5. The maximum Gasteiger partial charge on any atom is 0.274 e. The van der Waals surface area contributed by atoms with E-state index in [0.717, 1.165) is 24.9 Å². The van der Waals surface area contributed by atoms with E-state index in [1.165, 1.54) is 0 Å². The van der Waals surface area contributed by atoms with Gasteiger partial charge in [-0.1, -0.05) is 25.8 Å². The Balaban J connectivity index is 2.77. The summed E-state index contributed by atoms with van der Waals surface area (Å²) in [7, 11) is 0. The standard InChI is InChI=1S/C13H21N3O2/c1-3-4-5-12(9-14)15-11-7-6-10(2)13(8-11)16(17)18/h6-8,12,15H,3-5,9,14H2,1-2H3. The monoisotopic (exact) mass is 251 g/mol. The van der Waals surface area contributed by atoms with Gasteiger partial charge in [0.2, 0.25) is 0 Å². The quantitative estimate of drug-likeness (QED) is 0.576. The van der Waals surface area contributed by atoms with E-state index < -0.39 is 0 Å². The second kappa shape index (κ2) is 6.96. The Morgan fingerprint density at radius 1 is 1.50 bits per heavy atom. The summed E-state index contributed by atoms with van der Waals surface area (Å²) in [5.74, 6) is 0. The lowest BCUT2D eigenvalue weighted by Crippen LogP contribution is -2.28. The van der Waals surface area contributed by atoms with E-state index in [1.54, 1.807) is 19.1 Å². The molecule has 0 aliphatic heterocycles. The van der Waals surface area contributed by atoms with Gasteiger partial charge in [-0.25, -0.2) is 0 Å². The molecule has 0 spiro atoms. The Morgan fingerprint density at radius 3 is 2.78 bits per heavy atom.